The Morgan fingerprint density at radius 3 is 2.66 bits per heavy atom. The van der Waals surface area contributed by atoms with Crippen molar-refractivity contribution in [2.45, 2.75) is 70.9 Å². The molecule has 4 rings (SSSR count). The molecule has 2 aromatic rings. The Balaban J connectivity index is 1.23. The van der Waals surface area contributed by atoms with Crippen LogP contribution in [0.4, 0.5) is 10.3 Å². The molecule has 1 atom stereocenters. The topological polar surface area (TPSA) is 89.3 Å². The second-order valence-corrected chi connectivity index (χ2v) is 9.61. The number of hydrogen-bond donors (Lipinski definition) is 1. The van der Waals surface area contributed by atoms with Crippen molar-refractivity contribution in [2.75, 3.05) is 31.2 Å². The fraction of sp³-hybridized carbons (Fsp3) is 0.577. The van der Waals surface area contributed by atoms with Crippen molar-refractivity contribution >= 4 is 11.7 Å². The van der Waals surface area contributed by atoms with Crippen molar-refractivity contribution in [1.82, 2.24) is 9.97 Å². The Morgan fingerprint density at radius 1 is 1.20 bits per heavy atom. The van der Waals surface area contributed by atoms with Crippen LogP contribution in [0.25, 0.3) is 11.1 Å². The largest absolute Gasteiger partial charge is 0.396 e. The molecule has 190 valence electrons. The zero-order valence-electron chi connectivity index (χ0n) is 20.6. The average molecular weight is 487 g/mol. The summed E-state index contributed by atoms with van der Waals surface area (Å²) in [6.07, 6.45) is 8.61. The van der Waals surface area contributed by atoms with E-state index in [9.17, 15) is 9.50 Å². The molecule has 0 radical (unpaired) electrons. The van der Waals surface area contributed by atoms with Gasteiger partial charge >= 0.3 is 0 Å². The summed E-state index contributed by atoms with van der Waals surface area (Å²) in [5.74, 6) is 0.165. The van der Waals surface area contributed by atoms with Crippen molar-refractivity contribution in [1.29, 1.82) is 0 Å². The number of aromatic nitrogens is 2. The molecule has 2 fully saturated rings. The Morgan fingerprint density at radius 2 is 1.97 bits per heavy atom. The molecule has 0 saturated carbocycles. The highest BCUT2D eigenvalue weighted by atomic mass is 19.1. The summed E-state index contributed by atoms with van der Waals surface area (Å²) in [7, 11) is 0. The molecule has 1 unspecified atom stereocenters. The van der Waals surface area contributed by atoms with E-state index in [0.29, 0.717) is 23.7 Å². The molecule has 8 nitrogen and oxygen atoms in total. The summed E-state index contributed by atoms with van der Waals surface area (Å²) in [5, 5.41) is 13.6. The summed E-state index contributed by atoms with van der Waals surface area (Å²) >= 11 is 0. The maximum atomic E-state index is 14.5. The van der Waals surface area contributed by atoms with E-state index >= 15 is 0 Å². The molecule has 0 spiro atoms. The fourth-order valence-corrected chi connectivity index (χ4v) is 4.25. The van der Waals surface area contributed by atoms with E-state index in [4.69, 9.17) is 14.3 Å². The smallest absolute Gasteiger partial charge is 0.225 e. The number of aliphatic hydroxyl groups is 1. The van der Waals surface area contributed by atoms with Gasteiger partial charge in [0.1, 0.15) is 12.4 Å². The van der Waals surface area contributed by atoms with Crippen LogP contribution in [-0.4, -0.2) is 59.0 Å². The van der Waals surface area contributed by atoms with Crippen LogP contribution in [0.15, 0.2) is 35.7 Å². The number of hydrogen-bond acceptors (Lipinski definition) is 8. The molecular weight excluding hydrogens is 451 g/mol. The Hall–Kier alpha value is -2.62. The van der Waals surface area contributed by atoms with Crippen LogP contribution in [0.3, 0.4) is 0 Å². The zero-order valence-corrected chi connectivity index (χ0v) is 20.6. The van der Waals surface area contributed by atoms with Gasteiger partial charge in [0.05, 0.1) is 17.9 Å². The van der Waals surface area contributed by atoms with Gasteiger partial charge in [-0.2, -0.15) is 0 Å². The number of oxime groups is 1. The van der Waals surface area contributed by atoms with E-state index in [1.165, 1.54) is 0 Å². The molecule has 0 bridgehead atoms. The van der Waals surface area contributed by atoms with Crippen molar-refractivity contribution in [2.24, 2.45) is 5.16 Å². The summed E-state index contributed by atoms with van der Waals surface area (Å²) in [5.41, 5.74) is 1.92. The first-order valence-corrected chi connectivity index (χ1v) is 12.4. The zero-order chi connectivity index (χ0) is 24.7. The van der Waals surface area contributed by atoms with Crippen LogP contribution in [0.5, 0.6) is 0 Å². The van der Waals surface area contributed by atoms with Crippen molar-refractivity contribution in [3.8, 4) is 11.1 Å². The third-order valence-electron chi connectivity index (χ3n) is 6.40. The minimum Gasteiger partial charge on any atom is -0.396 e. The highest BCUT2D eigenvalue weighted by Crippen LogP contribution is 2.26. The molecule has 0 aliphatic carbocycles. The van der Waals surface area contributed by atoms with E-state index < -0.39 is 5.82 Å². The summed E-state index contributed by atoms with van der Waals surface area (Å²) in [6.45, 7) is 6.51. The van der Waals surface area contributed by atoms with Gasteiger partial charge in [-0.15, -0.1) is 0 Å². The first-order chi connectivity index (χ1) is 16.9. The number of nitrogens with zero attached hydrogens (tertiary/aromatic N) is 4. The van der Waals surface area contributed by atoms with Gasteiger partial charge in [-0.3, -0.25) is 0 Å². The van der Waals surface area contributed by atoms with Gasteiger partial charge in [-0.1, -0.05) is 23.4 Å². The molecule has 9 heteroatoms. The Bertz CT molecular complexity index is 983. The van der Waals surface area contributed by atoms with Crippen molar-refractivity contribution < 1.29 is 23.8 Å². The van der Waals surface area contributed by atoms with Crippen LogP contribution in [-0.2, 0) is 20.9 Å². The predicted molar refractivity (Wildman–Crippen MR) is 132 cm³/mol. The average Bonchev–Trinajstić information content (AvgIpc) is 2.88. The molecule has 2 saturated heterocycles. The SMILES string of the molecule is CC(C)(CCON=C1CCN(c2ncc(-c3cccc(CO)c3F)cn2)CC1)OC1CCCCO1. The summed E-state index contributed by atoms with van der Waals surface area (Å²) in [4.78, 5) is 16.6. The molecule has 0 amide bonds. The molecule has 1 aromatic heterocycles. The van der Waals surface area contributed by atoms with Gasteiger partial charge in [0.15, 0.2) is 6.29 Å². The number of halogens is 1. The lowest BCUT2D eigenvalue weighted by Crippen LogP contribution is -2.35. The number of aliphatic hydroxyl groups excluding tert-OH is 1. The molecule has 1 aromatic carbocycles. The maximum Gasteiger partial charge on any atom is 0.225 e. The van der Waals surface area contributed by atoms with Crippen LogP contribution in [0.2, 0.25) is 0 Å². The van der Waals surface area contributed by atoms with Gasteiger partial charge in [0, 0.05) is 68.0 Å². The Labute approximate surface area is 206 Å². The van der Waals surface area contributed by atoms with E-state index in [0.717, 1.165) is 63.9 Å². The van der Waals surface area contributed by atoms with E-state index in [-0.39, 0.29) is 24.1 Å². The van der Waals surface area contributed by atoms with Gasteiger partial charge in [0.2, 0.25) is 5.95 Å². The monoisotopic (exact) mass is 486 g/mol. The standard InChI is InChI=1S/C26H35FN4O4/c1-26(2,35-23-8-3-4-14-33-23)11-15-34-30-21-9-12-31(13-10-21)25-28-16-20(17-29-25)22-7-5-6-19(18-32)24(22)27/h5-7,16-17,23,32H,3-4,8-15,18H2,1-2H3. The molecule has 35 heavy (non-hydrogen) atoms. The predicted octanol–water partition coefficient (Wildman–Crippen LogP) is 4.46. The van der Waals surface area contributed by atoms with Gasteiger partial charge < -0.3 is 24.3 Å². The summed E-state index contributed by atoms with van der Waals surface area (Å²) < 4.78 is 26.3. The Kier molecular flexibility index (Phi) is 8.64. The first-order valence-electron chi connectivity index (χ1n) is 12.4. The van der Waals surface area contributed by atoms with Crippen molar-refractivity contribution in [3.05, 3.63) is 42.0 Å². The molecular formula is C26H35FN4O4. The van der Waals surface area contributed by atoms with Gasteiger partial charge in [-0.05, 0) is 33.1 Å². The molecule has 2 aliphatic rings. The second kappa shape index (κ2) is 11.9. The van der Waals surface area contributed by atoms with Gasteiger partial charge in [0.25, 0.3) is 0 Å². The minimum absolute atomic E-state index is 0.115. The fourth-order valence-electron chi connectivity index (χ4n) is 4.25. The van der Waals surface area contributed by atoms with Crippen LogP contribution >= 0.6 is 0 Å². The third kappa shape index (κ3) is 6.96. The number of piperidine rings is 1. The first kappa shape index (κ1) is 25.5. The number of ether oxygens (including phenoxy) is 2. The third-order valence-corrected chi connectivity index (χ3v) is 6.40. The molecule has 2 aliphatic heterocycles. The second-order valence-electron chi connectivity index (χ2n) is 9.61. The van der Waals surface area contributed by atoms with Crippen LogP contribution < -0.4 is 4.90 Å². The quantitative estimate of drug-likeness (QED) is 0.413. The van der Waals surface area contributed by atoms with Gasteiger partial charge in [-0.25, -0.2) is 14.4 Å². The van der Waals surface area contributed by atoms with Crippen molar-refractivity contribution in [3.63, 3.8) is 0 Å². The lowest BCUT2D eigenvalue weighted by molar-refractivity contribution is -0.219. The lowest BCUT2D eigenvalue weighted by Gasteiger charge is -2.32. The van der Waals surface area contributed by atoms with E-state index in [1.54, 1.807) is 30.6 Å². The highest BCUT2D eigenvalue weighted by Gasteiger charge is 2.26. The molecule has 1 N–H and O–H groups in total. The number of benzene rings is 1. The van der Waals surface area contributed by atoms with Crippen LogP contribution in [0, 0.1) is 5.82 Å². The van der Waals surface area contributed by atoms with E-state index in [2.05, 4.69) is 33.9 Å². The lowest BCUT2D eigenvalue weighted by atomic mass is 10.1. The number of anilines is 1. The van der Waals surface area contributed by atoms with E-state index in [1.807, 2.05) is 0 Å². The number of rotatable bonds is 9. The van der Waals surface area contributed by atoms with Crippen LogP contribution in [0.1, 0.15) is 57.9 Å². The summed E-state index contributed by atoms with van der Waals surface area (Å²) in [6, 6.07) is 4.93. The normalized spacial score (nSPS) is 19.0. The highest BCUT2D eigenvalue weighted by molar-refractivity contribution is 5.86. The minimum atomic E-state index is -0.442. The molecule has 3 heterocycles. The maximum absolute atomic E-state index is 14.5.